The number of hydrogen-bond acceptors (Lipinski definition) is 3. The number of phenols is 1. The summed E-state index contributed by atoms with van der Waals surface area (Å²) in [7, 11) is 0. The number of nitrogens with one attached hydrogen (secondary N) is 1. The fraction of sp³-hybridized carbons (Fsp3) is 0.600. The molecule has 18 heavy (non-hydrogen) atoms. The topological polar surface area (TPSA) is 52.5 Å². The van der Waals surface area contributed by atoms with Crippen molar-refractivity contribution in [1.82, 2.24) is 5.32 Å². The molecule has 102 valence electrons. The van der Waals surface area contributed by atoms with E-state index >= 15 is 0 Å². The van der Waals surface area contributed by atoms with Crippen molar-refractivity contribution in [2.75, 3.05) is 6.54 Å². The van der Waals surface area contributed by atoms with E-state index in [2.05, 4.69) is 19.2 Å². The second-order valence-corrected chi connectivity index (χ2v) is 5.48. The zero-order valence-corrected chi connectivity index (χ0v) is 11.8. The van der Waals surface area contributed by atoms with Gasteiger partial charge in [0.2, 0.25) is 0 Å². The van der Waals surface area contributed by atoms with Crippen LogP contribution in [0.4, 0.5) is 0 Å². The summed E-state index contributed by atoms with van der Waals surface area (Å²) in [6, 6.07) is 5.61. The molecule has 0 amide bonds. The number of aromatic hydroxyl groups is 1. The molecular formula is C15H25NO2. The highest BCUT2D eigenvalue weighted by molar-refractivity contribution is 5.37. The van der Waals surface area contributed by atoms with Crippen LogP contribution in [-0.4, -0.2) is 22.9 Å². The maximum absolute atomic E-state index is 9.81. The number of aliphatic hydroxyl groups excluding tert-OH is 1. The number of benzene rings is 1. The van der Waals surface area contributed by atoms with Crippen LogP contribution in [0.25, 0.3) is 0 Å². The van der Waals surface area contributed by atoms with Gasteiger partial charge in [-0.25, -0.2) is 0 Å². The van der Waals surface area contributed by atoms with Gasteiger partial charge in [0.15, 0.2) is 0 Å². The molecule has 0 aliphatic heterocycles. The smallest absolute Gasteiger partial charge is 0.120 e. The quantitative estimate of drug-likeness (QED) is 0.728. The lowest BCUT2D eigenvalue weighted by molar-refractivity contribution is 0.143. The van der Waals surface area contributed by atoms with Crippen LogP contribution >= 0.6 is 0 Å². The van der Waals surface area contributed by atoms with Crippen molar-refractivity contribution >= 4 is 0 Å². The zero-order valence-electron chi connectivity index (χ0n) is 11.8. The van der Waals surface area contributed by atoms with Gasteiger partial charge in [0, 0.05) is 18.2 Å². The summed E-state index contributed by atoms with van der Waals surface area (Å²) in [4.78, 5) is 0. The minimum atomic E-state index is -0.334. The van der Waals surface area contributed by atoms with Crippen LogP contribution in [0, 0.1) is 12.8 Å². The third kappa shape index (κ3) is 4.67. The fourth-order valence-electron chi connectivity index (χ4n) is 2.07. The third-order valence-electron chi connectivity index (χ3n) is 3.05. The van der Waals surface area contributed by atoms with Gasteiger partial charge >= 0.3 is 0 Å². The number of hydrogen-bond donors (Lipinski definition) is 3. The first-order chi connectivity index (χ1) is 8.40. The Morgan fingerprint density at radius 3 is 2.50 bits per heavy atom. The molecule has 0 aliphatic carbocycles. The van der Waals surface area contributed by atoms with Gasteiger partial charge in [-0.05, 0) is 32.3 Å². The standard InChI is InChI=1S/C15H25NO2/c1-10(2)7-13(17)9-16-12(4)14-8-11(3)5-6-15(14)18/h5-6,8,10,12-13,16-18H,7,9H2,1-4H3. The van der Waals surface area contributed by atoms with E-state index in [-0.39, 0.29) is 12.1 Å². The van der Waals surface area contributed by atoms with Crippen LogP contribution in [0.2, 0.25) is 0 Å². The Balaban J connectivity index is 2.54. The van der Waals surface area contributed by atoms with Gasteiger partial charge in [-0.3, -0.25) is 0 Å². The van der Waals surface area contributed by atoms with Crippen LogP contribution in [0.15, 0.2) is 18.2 Å². The first kappa shape index (κ1) is 15.0. The van der Waals surface area contributed by atoms with Crippen molar-refractivity contribution in [2.45, 2.75) is 46.3 Å². The summed E-state index contributed by atoms with van der Waals surface area (Å²) in [5.41, 5.74) is 2.01. The van der Waals surface area contributed by atoms with E-state index in [4.69, 9.17) is 0 Å². The molecule has 1 aromatic carbocycles. The molecule has 2 unspecified atom stereocenters. The van der Waals surface area contributed by atoms with Gasteiger partial charge < -0.3 is 15.5 Å². The molecule has 0 heterocycles. The second kappa shape index (κ2) is 6.76. The molecule has 1 rings (SSSR count). The van der Waals surface area contributed by atoms with E-state index < -0.39 is 0 Å². The molecule has 2 atom stereocenters. The summed E-state index contributed by atoms with van der Waals surface area (Å²) >= 11 is 0. The molecule has 0 saturated carbocycles. The lowest BCUT2D eigenvalue weighted by Crippen LogP contribution is -2.30. The first-order valence-electron chi connectivity index (χ1n) is 6.61. The van der Waals surface area contributed by atoms with Crippen molar-refractivity contribution < 1.29 is 10.2 Å². The van der Waals surface area contributed by atoms with Crippen molar-refractivity contribution in [3.05, 3.63) is 29.3 Å². The molecule has 0 bridgehead atoms. The molecule has 0 aromatic heterocycles. The van der Waals surface area contributed by atoms with E-state index in [1.165, 1.54) is 0 Å². The minimum Gasteiger partial charge on any atom is -0.508 e. The normalized spacial score (nSPS) is 14.8. The minimum absolute atomic E-state index is 0.0340. The molecule has 0 saturated heterocycles. The maximum atomic E-state index is 9.81. The lowest BCUT2D eigenvalue weighted by Gasteiger charge is -2.19. The highest BCUT2D eigenvalue weighted by Crippen LogP contribution is 2.24. The summed E-state index contributed by atoms with van der Waals surface area (Å²) in [5.74, 6) is 0.795. The lowest BCUT2D eigenvalue weighted by atomic mass is 10.0. The average molecular weight is 251 g/mol. The predicted molar refractivity (Wildman–Crippen MR) is 74.7 cm³/mol. The van der Waals surface area contributed by atoms with E-state index in [0.717, 1.165) is 17.5 Å². The van der Waals surface area contributed by atoms with Gasteiger partial charge in [-0.2, -0.15) is 0 Å². The Hall–Kier alpha value is -1.06. The monoisotopic (exact) mass is 251 g/mol. The zero-order chi connectivity index (χ0) is 13.7. The Bertz CT molecular complexity index is 377. The molecule has 0 aliphatic rings. The van der Waals surface area contributed by atoms with Gasteiger partial charge in [0.05, 0.1) is 6.10 Å². The van der Waals surface area contributed by atoms with E-state index in [0.29, 0.717) is 18.2 Å². The van der Waals surface area contributed by atoms with Crippen molar-refractivity contribution in [2.24, 2.45) is 5.92 Å². The van der Waals surface area contributed by atoms with Gasteiger partial charge in [-0.15, -0.1) is 0 Å². The Labute approximate surface area is 110 Å². The van der Waals surface area contributed by atoms with Gasteiger partial charge in [-0.1, -0.05) is 31.5 Å². The van der Waals surface area contributed by atoms with Gasteiger partial charge in [0.1, 0.15) is 5.75 Å². The number of rotatable bonds is 6. The van der Waals surface area contributed by atoms with Crippen molar-refractivity contribution in [3.63, 3.8) is 0 Å². The molecule has 0 radical (unpaired) electrons. The van der Waals surface area contributed by atoms with Crippen LogP contribution in [-0.2, 0) is 0 Å². The average Bonchev–Trinajstić information content (AvgIpc) is 2.28. The van der Waals surface area contributed by atoms with Gasteiger partial charge in [0.25, 0.3) is 0 Å². The third-order valence-corrected chi connectivity index (χ3v) is 3.05. The Kier molecular flexibility index (Phi) is 5.63. The molecule has 3 nitrogen and oxygen atoms in total. The molecule has 3 N–H and O–H groups in total. The molecule has 0 spiro atoms. The van der Waals surface area contributed by atoms with Crippen LogP contribution in [0.3, 0.4) is 0 Å². The summed E-state index contributed by atoms with van der Waals surface area (Å²) in [5, 5.41) is 22.9. The Morgan fingerprint density at radius 1 is 1.22 bits per heavy atom. The van der Waals surface area contributed by atoms with Crippen LogP contribution in [0.1, 0.15) is 44.4 Å². The van der Waals surface area contributed by atoms with Crippen LogP contribution in [0.5, 0.6) is 5.75 Å². The maximum Gasteiger partial charge on any atom is 0.120 e. The summed E-state index contributed by atoms with van der Waals surface area (Å²) in [6.45, 7) is 8.74. The predicted octanol–water partition coefficient (Wildman–Crippen LogP) is 2.76. The first-order valence-corrected chi connectivity index (χ1v) is 6.61. The number of aliphatic hydroxyl groups is 1. The molecule has 3 heteroatoms. The van der Waals surface area contributed by atoms with Crippen LogP contribution < -0.4 is 5.32 Å². The SMILES string of the molecule is Cc1ccc(O)c(C(C)NCC(O)CC(C)C)c1. The molecular weight excluding hydrogens is 226 g/mol. The molecule has 1 aromatic rings. The highest BCUT2D eigenvalue weighted by atomic mass is 16.3. The summed E-state index contributed by atoms with van der Waals surface area (Å²) < 4.78 is 0. The van der Waals surface area contributed by atoms with E-state index in [9.17, 15) is 10.2 Å². The molecule has 0 fully saturated rings. The van der Waals surface area contributed by atoms with Crippen molar-refractivity contribution in [3.8, 4) is 5.75 Å². The fourth-order valence-corrected chi connectivity index (χ4v) is 2.07. The number of aryl methyl sites for hydroxylation is 1. The van der Waals surface area contributed by atoms with E-state index in [1.807, 2.05) is 26.0 Å². The second-order valence-electron chi connectivity index (χ2n) is 5.48. The highest BCUT2D eigenvalue weighted by Gasteiger charge is 2.13. The number of phenolic OH excluding ortho intramolecular Hbond substituents is 1. The summed E-state index contributed by atoms with van der Waals surface area (Å²) in [6.07, 6.45) is 0.457. The van der Waals surface area contributed by atoms with E-state index in [1.54, 1.807) is 6.07 Å². The largest absolute Gasteiger partial charge is 0.508 e. The van der Waals surface area contributed by atoms with Crippen molar-refractivity contribution in [1.29, 1.82) is 0 Å². The Morgan fingerprint density at radius 2 is 1.89 bits per heavy atom.